The third-order valence-electron chi connectivity index (χ3n) is 2.09. The number of likely N-dealkylation sites (N-methyl/N-ethyl adjacent to an activating group) is 1. The molecule has 0 aromatic carbocycles. The minimum absolute atomic E-state index is 0.130. The van der Waals surface area contributed by atoms with Crippen LogP contribution in [-0.4, -0.2) is 47.0 Å². The average Bonchev–Trinajstić information content (AvgIpc) is 2.65. The van der Waals surface area contributed by atoms with Gasteiger partial charge in [0.15, 0.2) is 0 Å². The predicted octanol–water partition coefficient (Wildman–Crippen LogP) is -0.270. The van der Waals surface area contributed by atoms with E-state index in [1.54, 1.807) is 5.38 Å². The SMILES string of the molecule is CN(CC(=O)O)C(=O)Cc1csc(CCN)n1. The number of hydrogen-bond donors (Lipinski definition) is 2. The fourth-order valence-corrected chi connectivity index (χ4v) is 2.06. The molecular weight excluding hydrogens is 242 g/mol. The molecule has 0 saturated heterocycles. The van der Waals surface area contributed by atoms with Gasteiger partial charge in [-0.15, -0.1) is 11.3 Å². The highest BCUT2D eigenvalue weighted by Crippen LogP contribution is 2.11. The van der Waals surface area contributed by atoms with Crippen LogP contribution in [0.2, 0.25) is 0 Å². The lowest BCUT2D eigenvalue weighted by molar-refractivity contribution is -0.143. The number of amides is 1. The fraction of sp³-hybridized carbons (Fsp3) is 0.500. The molecule has 17 heavy (non-hydrogen) atoms. The number of carbonyl (C=O) groups excluding carboxylic acids is 1. The molecular formula is C10H15N3O3S. The molecule has 3 N–H and O–H groups in total. The van der Waals surface area contributed by atoms with Gasteiger partial charge >= 0.3 is 5.97 Å². The fourth-order valence-electron chi connectivity index (χ4n) is 1.25. The van der Waals surface area contributed by atoms with Crippen LogP contribution in [0.25, 0.3) is 0 Å². The van der Waals surface area contributed by atoms with Crippen molar-refractivity contribution in [3.05, 3.63) is 16.1 Å². The van der Waals surface area contributed by atoms with E-state index in [9.17, 15) is 9.59 Å². The summed E-state index contributed by atoms with van der Waals surface area (Å²) in [5, 5.41) is 11.3. The Bertz CT molecular complexity index is 405. The summed E-state index contributed by atoms with van der Waals surface area (Å²) in [6.07, 6.45) is 0.828. The van der Waals surface area contributed by atoms with Crippen molar-refractivity contribution >= 4 is 23.2 Å². The smallest absolute Gasteiger partial charge is 0.323 e. The topological polar surface area (TPSA) is 96.5 Å². The molecule has 6 nitrogen and oxygen atoms in total. The first kappa shape index (κ1) is 13.6. The number of carboxylic acids is 1. The van der Waals surface area contributed by atoms with E-state index in [2.05, 4.69) is 4.98 Å². The predicted molar refractivity (Wildman–Crippen MR) is 63.8 cm³/mol. The number of nitrogens with two attached hydrogens (primary N) is 1. The van der Waals surface area contributed by atoms with Gasteiger partial charge in [-0.05, 0) is 6.54 Å². The van der Waals surface area contributed by atoms with Crippen molar-refractivity contribution in [2.75, 3.05) is 20.1 Å². The quantitative estimate of drug-likeness (QED) is 0.731. The van der Waals surface area contributed by atoms with E-state index >= 15 is 0 Å². The maximum Gasteiger partial charge on any atom is 0.323 e. The zero-order valence-electron chi connectivity index (χ0n) is 9.55. The summed E-state index contributed by atoms with van der Waals surface area (Å²) < 4.78 is 0. The highest BCUT2D eigenvalue weighted by molar-refractivity contribution is 7.09. The van der Waals surface area contributed by atoms with Gasteiger partial charge in [-0.25, -0.2) is 4.98 Å². The first-order valence-corrected chi connectivity index (χ1v) is 6.00. The van der Waals surface area contributed by atoms with E-state index in [1.807, 2.05) is 0 Å². The van der Waals surface area contributed by atoms with Crippen LogP contribution in [0.5, 0.6) is 0 Å². The molecule has 0 bridgehead atoms. The number of nitrogens with zero attached hydrogens (tertiary/aromatic N) is 2. The van der Waals surface area contributed by atoms with E-state index in [-0.39, 0.29) is 18.9 Å². The van der Waals surface area contributed by atoms with Crippen LogP contribution >= 0.6 is 11.3 Å². The zero-order chi connectivity index (χ0) is 12.8. The second-order valence-electron chi connectivity index (χ2n) is 3.59. The van der Waals surface area contributed by atoms with Gasteiger partial charge in [0.05, 0.1) is 17.1 Å². The van der Waals surface area contributed by atoms with Crippen LogP contribution in [0, 0.1) is 0 Å². The van der Waals surface area contributed by atoms with Crippen molar-refractivity contribution < 1.29 is 14.7 Å². The lowest BCUT2D eigenvalue weighted by Crippen LogP contribution is -2.33. The molecule has 0 saturated carbocycles. The van der Waals surface area contributed by atoms with Crippen molar-refractivity contribution in [2.24, 2.45) is 5.73 Å². The second-order valence-corrected chi connectivity index (χ2v) is 4.53. The van der Waals surface area contributed by atoms with Crippen LogP contribution < -0.4 is 5.73 Å². The Labute approximate surface area is 103 Å². The maximum atomic E-state index is 11.6. The van der Waals surface area contributed by atoms with E-state index in [4.69, 9.17) is 10.8 Å². The standard InChI is InChI=1S/C10H15N3O3S/c1-13(5-10(15)16)9(14)4-7-6-17-8(12-7)2-3-11/h6H,2-5,11H2,1H3,(H,15,16). The van der Waals surface area contributed by atoms with Gasteiger partial charge in [0.1, 0.15) is 6.54 Å². The maximum absolute atomic E-state index is 11.6. The molecule has 1 heterocycles. The molecule has 1 rings (SSSR count). The number of carboxylic acid groups (broad SMARTS) is 1. The third-order valence-corrected chi connectivity index (χ3v) is 3.05. The summed E-state index contributed by atoms with van der Waals surface area (Å²) in [5.41, 5.74) is 6.07. The van der Waals surface area contributed by atoms with Crippen LogP contribution in [0.15, 0.2) is 5.38 Å². The molecule has 0 fully saturated rings. The number of hydrogen-bond acceptors (Lipinski definition) is 5. The van der Waals surface area contributed by atoms with Crippen molar-refractivity contribution in [3.8, 4) is 0 Å². The van der Waals surface area contributed by atoms with Gasteiger partial charge in [-0.2, -0.15) is 0 Å². The van der Waals surface area contributed by atoms with Crippen molar-refractivity contribution in [3.63, 3.8) is 0 Å². The third kappa shape index (κ3) is 4.49. The van der Waals surface area contributed by atoms with Gasteiger partial charge in [-0.3, -0.25) is 9.59 Å². The molecule has 0 aliphatic heterocycles. The Balaban J connectivity index is 2.52. The Kier molecular flexibility index (Phi) is 5.05. The number of carbonyl (C=O) groups is 2. The summed E-state index contributed by atoms with van der Waals surface area (Å²) in [7, 11) is 1.46. The normalized spacial score (nSPS) is 10.2. The van der Waals surface area contributed by atoms with Crippen LogP contribution in [0.3, 0.4) is 0 Å². The molecule has 94 valence electrons. The van der Waals surface area contributed by atoms with Crippen molar-refractivity contribution in [2.45, 2.75) is 12.8 Å². The summed E-state index contributed by atoms with van der Waals surface area (Å²) in [5.74, 6) is -1.28. The molecule has 0 radical (unpaired) electrons. The Morgan fingerprint density at radius 3 is 2.88 bits per heavy atom. The van der Waals surface area contributed by atoms with Gasteiger partial charge in [0, 0.05) is 18.8 Å². The molecule has 0 spiro atoms. The molecule has 0 aliphatic carbocycles. The van der Waals surface area contributed by atoms with Crippen LogP contribution in [-0.2, 0) is 22.4 Å². The molecule has 7 heteroatoms. The molecule has 1 aromatic rings. The van der Waals surface area contributed by atoms with Crippen molar-refractivity contribution in [1.82, 2.24) is 9.88 Å². The van der Waals surface area contributed by atoms with E-state index in [0.717, 1.165) is 5.01 Å². The zero-order valence-corrected chi connectivity index (χ0v) is 10.4. The summed E-state index contributed by atoms with van der Waals surface area (Å²) in [4.78, 5) is 27.5. The van der Waals surface area contributed by atoms with Gasteiger partial charge in [-0.1, -0.05) is 0 Å². The largest absolute Gasteiger partial charge is 0.480 e. The summed E-state index contributed by atoms with van der Waals surface area (Å²) in [6.45, 7) is 0.235. The van der Waals surface area contributed by atoms with Gasteiger partial charge in [0.2, 0.25) is 5.91 Å². The lowest BCUT2D eigenvalue weighted by Gasteiger charge is -2.13. The van der Waals surface area contributed by atoms with Crippen LogP contribution in [0.1, 0.15) is 10.7 Å². The second kappa shape index (κ2) is 6.31. The van der Waals surface area contributed by atoms with E-state index in [0.29, 0.717) is 18.7 Å². The molecule has 1 aromatic heterocycles. The van der Waals surface area contributed by atoms with Crippen LogP contribution in [0.4, 0.5) is 0 Å². The highest BCUT2D eigenvalue weighted by atomic mass is 32.1. The minimum Gasteiger partial charge on any atom is -0.480 e. The molecule has 0 aliphatic rings. The Hall–Kier alpha value is -1.47. The van der Waals surface area contributed by atoms with Gasteiger partial charge in [0.25, 0.3) is 0 Å². The Morgan fingerprint density at radius 1 is 1.59 bits per heavy atom. The number of rotatable bonds is 6. The van der Waals surface area contributed by atoms with Gasteiger partial charge < -0.3 is 15.7 Å². The van der Waals surface area contributed by atoms with Crippen molar-refractivity contribution in [1.29, 1.82) is 0 Å². The first-order valence-electron chi connectivity index (χ1n) is 5.12. The Morgan fingerprint density at radius 2 is 2.29 bits per heavy atom. The summed E-state index contributed by atoms with van der Waals surface area (Å²) in [6, 6.07) is 0. The monoisotopic (exact) mass is 257 g/mol. The number of thiazole rings is 1. The molecule has 0 unspecified atom stereocenters. The molecule has 1 amide bonds. The lowest BCUT2D eigenvalue weighted by atomic mass is 10.3. The number of aromatic nitrogens is 1. The molecule has 0 atom stereocenters. The van der Waals surface area contributed by atoms with E-state index < -0.39 is 5.97 Å². The number of aliphatic carboxylic acids is 1. The van der Waals surface area contributed by atoms with E-state index in [1.165, 1.54) is 23.3 Å². The highest BCUT2D eigenvalue weighted by Gasteiger charge is 2.14. The first-order chi connectivity index (χ1) is 8.02. The minimum atomic E-state index is -1.03. The average molecular weight is 257 g/mol. The summed E-state index contributed by atoms with van der Waals surface area (Å²) >= 11 is 1.46.